The second-order valence-corrected chi connectivity index (χ2v) is 2.14. The fourth-order valence-corrected chi connectivity index (χ4v) is 0.892. The van der Waals surface area contributed by atoms with Gasteiger partial charge >= 0.3 is 0 Å². The summed E-state index contributed by atoms with van der Waals surface area (Å²) in [6, 6.07) is 0. The van der Waals surface area contributed by atoms with Crippen molar-refractivity contribution in [2.45, 2.75) is 12.8 Å². The van der Waals surface area contributed by atoms with Crippen LogP contribution in [0.2, 0.25) is 0 Å². The van der Waals surface area contributed by atoms with Crippen LogP contribution < -0.4 is 5.73 Å². The summed E-state index contributed by atoms with van der Waals surface area (Å²) in [6.45, 7) is 1.69. The van der Waals surface area contributed by atoms with E-state index in [0.717, 1.165) is 25.9 Å². The fourth-order valence-electron chi connectivity index (χ4n) is 0.892. The van der Waals surface area contributed by atoms with Crippen molar-refractivity contribution in [2.75, 3.05) is 13.1 Å². The average molecular weight is 124 g/mol. The average Bonchev–Trinajstić information content (AvgIpc) is 1.91. The molecule has 0 amide bonds. The van der Waals surface area contributed by atoms with Gasteiger partial charge < -0.3 is 5.73 Å². The molecule has 0 atom stereocenters. The molecule has 1 heterocycles. The van der Waals surface area contributed by atoms with E-state index in [1.54, 1.807) is 0 Å². The number of nitrogens with zero attached hydrogens (tertiary/aromatic N) is 1. The maximum atomic E-state index is 5.36. The first-order chi connectivity index (χ1) is 4.43. The Kier molecular flexibility index (Phi) is 2.46. The van der Waals surface area contributed by atoms with Gasteiger partial charge in [0.15, 0.2) is 0 Å². The molecule has 2 heteroatoms. The minimum Gasteiger partial charge on any atom is -0.330 e. The quantitative estimate of drug-likeness (QED) is 0.579. The molecule has 0 spiro atoms. The Morgan fingerprint density at radius 3 is 3.11 bits per heavy atom. The van der Waals surface area contributed by atoms with E-state index in [1.165, 1.54) is 5.57 Å². The third-order valence-electron chi connectivity index (χ3n) is 1.35. The Bertz CT molecular complexity index is 136. The van der Waals surface area contributed by atoms with E-state index in [-0.39, 0.29) is 0 Å². The fraction of sp³-hybridized carbons (Fsp3) is 0.571. The standard InChI is InChI=1S/C7H12N2/c8-4-3-7-2-1-5-9-6-7/h2,6H,1,3-5,8H2. The largest absolute Gasteiger partial charge is 0.330 e. The predicted molar refractivity (Wildman–Crippen MR) is 39.7 cm³/mol. The molecule has 0 radical (unpaired) electrons. The molecule has 0 aromatic carbocycles. The Hall–Kier alpha value is -0.630. The first-order valence-corrected chi connectivity index (χ1v) is 3.32. The van der Waals surface area contributed by atoms with Gasteiger partial charge in [-0.15, -0.1) is 0 Å². The van der Waals surface area contributed by atoms with Crippen molar-refractivity contribution in [3.8, 4) is 0 Å². The maximum absolute atomic E-state index is 5.36. The molecule has 0 aliphatic carbocycles. The molecule has 2 nitrogen and oxygen atoms in total. The number of hydrogen-bond donors (Lipinski definition) is 1. The number of aliphatic imine (C=N–C) groups is 1. The van der Waals surface area contributed by atoms with Gasteiger partial charge in [-0.3, -0.25) is 4.99 Å². The molecule has 0 fully saturated rings. The van der Waals surface area contributed by atoms with E-state index in [4.69, 9.17) is 5.73 Å². The molecule has 50 valence electrons. The van der Waals surface area contributed by atoms with Crippen LogP contribution >= 0.6 is 0 Å². The van der Waals surface area contributed by atoms with Crippen LogP contribution in [0.15, 0.2) is 16.6 Å². The molecule has 1 aliphatic rings. The second-order valence-electron chi connectivity index (χ2n) is 2.14. The summed E-state index contributed by atoms with van der Waals surface area (Å²) >= 11 is 0. The summed E-state index contributed by atoms with van der Waals surface area (Å²) < 4.78 is 0. The van der Waals surface area contributed by atoms with Crippen molar-refractivity contribution in [3.63, 3.8) is 0 Å². The maximum Gasteiger partial charge on any atom is 0.0424 e. The van der Waals surface area contributed by atoms with Crippen LogP contribution in [0.1, 0.15) is 12.8 Å². The minimum atomic E-state index is 0.734. The first kappa shape index (κ1) is 6.49. The second kappa shape index (κ2) is 3.41. The lowest BCUT2D eigenvalue weighted by molar-refractivity contribution is 0.930. The van der Waals surface area contributed by atoms with Crippen LogP contribution in [-0.4, -0.2) is 19.3 Å². The summed E-state index contributed by atoms with van der Waals surface area (Å²) in [5.41, 5.74) is 6.65. The molecule has 0 aromatic heterocycles. The molecule has 0 saturated carbocycles. The molecule has 0 aromatic rings. The zero-order chi connectivity index (χ0) is 6.53. The van der Waals surface area contributed by atoms with Crippen molar-refractivity contribution in [1.82, 2.24) is 0 Å². The lowest BCUT2D eigenvalue weighted by Gasteiger charge is -2.02. The van der Waals surface area contributed by atoms with E-state index >= 15 is 0 Å². The zero-order valence-corrected chi connectivity index (χ0v) is 5.51. The smallest absolute Gasteiger partial charge is 0.0424 e. The molecule has 0 unspecified atom stereocenters. The highest BCUT2D eigenvalue weighted by Crippen LogP contribution is 2.03. The lowest BCUT2D eigenvalue weighted by Crippen LogP contribution is -2.03. The molecule has 9 heavy (non-hydrogen) atoms. The van der Waals surface area contributed by atoms with Crippen LogP contribution in [0.4, 0.5) is 0 Å². The van der Waals surface area contributed by atoms with Crippen LogP contribution in [0.3, 0.4) is 0 Å². The highest BCUT2D eigenvalue weighted by molar-refractivity contribution is 5.79. The van der Waals surface area contributed by atoms with Crippen LogP contribution in [0.25, 0.3) is 0 Å². The molecular weight excluding hydrogens is 112 g/mol. The van der Waals surface area contributed by atoms with E-state index < -0.39 is 0 Å². The summed E-state index contributed by atoms with van der Waals surface area (Å²) in [7, 11) is 0. The third-order valence-corrected chi connectivity index (χ3v) is 1.35. The SMILES string of the molecule is NCCC1=CCCN=C1. The number of nitrogens with two attached hydrogens (primary N) is 1. The Labute approximate surface area is 55.5 Å². The zero-order valence-electron chi connectivity index (χ0n) is 5.51. The van der Waals surface area contributed by atoms with Crippen LogP contribution in [-0.2, 0) is 0 Å². The minimum absolute atomic E-state index is 0.734. The molecule has 0 bridgehead atoms. The summed E-state index contributed by atoms with van der Waals surface area (Å²) in [5.74, 6) is 0. The van der Waals surface area contributed by atoms with Gasteiger partial charge in [0.05, 0.1) is 0 Å². The van der Waals surface area contributed by atoms with E-state index in [0.29, 0.717) is 0 Å². The van der Waals surface area contributed by atoms with Crippen LogP contribution in [0.5, 0.6) is 0 Å². The molecule has 1 aliphatic heterocycles. The normalized spacial score (nSPS) is 17.7. The molecule has 0 saturated heterocycles. The highest BCUT2D eigenvalue weighted by atomic mass is 14.7. The summed E-state index contributed by atoms with van der Waals surface area (Å²) in [5, 5.41) is 0. The number of hydrogen-bond acceptors (Lipinski definition) is 2. The number of dihydropyridines is 1. The van der Waals surface area contributed by atoms with Crippen molar-refractivity contribution < 1.29 is 0 Å². The Morgan fingerprint density at radius 1 is 1.67 bits per heavy atom. The summed E-state index contributed by atoms with van der Waals surface area (Å²) in [6.07, 6.45) is 6.20. The lowest BCUT2D eigenvalue weighted by atomic mass is 10.1. The van der Waals surface area contributed by atoms with E-state index in [1.807, 2.05) is 6.21 Å². The van der Waals surface area contributed by atoms with Gasteiger partial charge in [0, 0.05) is 12.8 Å². The van der Waals surface area contributed by atoms with Crippen LogP contribution in [0, 0.1) is 0 Å². The summed E-state index contributed by atoms with van der Waals surface area (Å²) in [4.78, 5) is 4.13. The van der Waals surface area contributed by atoms with Gasteiger partial charge in [-0.25, -0.2) is 0 Å². The first-order valence-electron chi connectivity index (χ1n) is 3.32. The van der Waals surface area contributed by atoms with E-state index in [9.17, 15) is 0 Å². The van der Waals surface area contributed by atoms with Crippen molar-refractivity contribution >= 4 is 6.21 Å². The van der Waals surface area contributed by atoms with Crippen molar-refractivity contribution in [3.05, 3.63) is 11.6 Å². The topological polar surface area (TPSA) is 38.4 Å². The van der Waals surface area contributed by atoms with Crippen molar-refractivity contribution in [2.24, 2.45) is 10.7 Å². The van der Waals surface area contributed by atoms with E-state index in [2.05, 4.69) is 11.1 Å². The van der Waals surface area contributed by atoms with Gasteiger partial charge in [0.2, 0.25) is 0 Å². The monoisotopic (exact) mass is 124 g/mol. The van der Waals surface area contributed by atoms with Gasteiger partial charge in [0.1, 0.15) is 0 Å². The number of rotatable bonds is 2. The Morgan fingerprint density at radius 2 is 2.56 bits per heavy atom. The highest BCUT2D eigenvalue weighted by Gasteiger charge is 1.94. The molecule has 1 rings (SSSR count). The van der Waals surface area contributed by atoms with Gasteiger partial charge in [-0.2, -0.15) is 0 Å². The Balaban J connectivity index is 2.38. The molecule has 2 N–H and O–H groups in total. The molecular formula is C7H12N2. The van der Waals surface area contributed by atoms with Crippen molar-refractivity contribution in [1.29, 1.82) is 0 Å². The van der Waals surface area contributed by atoms with Gasteiger partial charge in [-0.1, -0.05) is 6.08 Å². The predicted octanol–water partition coefficient (Wildman–Crippen LogP) is 0.736. The van der Waals surface area contributed by atoms with Gasteiger partial charge in [-0.05, 0) is 25.0 Å². The third kappa shape index (κ3) is 1.98. The van der Waals surface area contributed by atoms with Gasteiger partial charge in [0.25, 0.3) is 0 Å².